The van der Waals surface area contributed by atoms with Gasteiger partial charge in [-0.2, -0.15) is 5.10 Å². The number of halogens is 2. The summed E-state index contributed by atoms with van der Waals surface area (Å²) in [6.45, 7) is 0. The highest BCUT2D eigenvalue weighted by atomic mass is 35.5. The maximum absolute atomic E-state index is 13.3. The van der Waals surface area contributed by atoms with Crippen LogP contribution in [0.2, 0.25) is 5.02 Å². The molecule has 5 nitrogen and oxygen atoms in total. The Labute approximate surface area is 157 Å². The molecule has 3 aromatic carbocycles. The summed E-state index contributed by atoms with van der Waals surface area (Å²) in [5.41, 5.74) is 2.98. The topological polar surface area (TPSA) is 75.3 Å². The lowest BCUT2D eigenvalue weighted by Crippen LogP contribution is -1.97. The van der Waals surface area contributed by atoms with Crippen LogP contribution in [0.4, 0.5) is 4.39 Å². The van der Waals surface area contributed by atoms with Gasteiger partial charge in [0.05, 0.1) is 28.0 Å². The Kier molecular flexibility index (Phi) is 4.05. The second-order valence-corrected chi connectivity index (χ2v) is 6.37. The fourth-order valence-corrected chi connectivity index (χ4v) is 3.18. The molecule has 0 atom stereocenters. The van der Waals surface area contributed by atoms with Gasteiger partial charge in [-0.25, -0.2) is 13.9 Å². The minimum atomic E-state index is -1.08. The third-order valence-electron chi connectivity index (χ3n) is 4.28. The van der Waals surface area contributed by atoms with E-state index >= 15 is 0 Å². The van der Waals surface area contributed by atoms with E-state index in [1.165, 1.54) is 24.3 Å². The van der Waals surface area contributed by atoms with Gasteiger partial charge < -0.3 is 10.2 Å². The molecule has 0 unspecified atom stereocenters. The number of benzene rings is 3. The van der Waals surface area contributed by atoms with Crippen LogP contribution in [0.5, 0.6) is 5.75 Å². The van der Waals surface area contributed by atoms with Crippen LogP contribution in [-0.2, 0) is 0 Å². The van der Waals surface area contributed by atoms with Gasteiger partial charge in [-0.05, 0) is 47.5 Å². The Bertz CT molecular complexity index is 1200. The summed E-state index contributed by atoms with van der Waals surface area (Å²) in [7, 11) is 0. The van der Waals surface area contributed by atoms with E-state index in [1.807, 2.05) is 18.2 Å². The summed E-state index contributed by atoms with van der Waals surface area (Å²) in [5, 5.41) is 24.0. The number of hydrogen-bond acceptors (Lipinski definition) is 3. The minimum absolute atomic E-state index is 0.0467. The summed E-state index contributed by atoms with van der Waals surface area (Å²) in [6.07, 6.45) is 1.66. The van der Waals surface area contributed by atoms with Crippen LogP contribution in [0.15, 0.2) is 60.8 Å². The largest absolute Gasteiger partial charge is 0.505 e. The van der Waals surface area contributed by atoms with Gasteiger partial charge in [0.1, 0.15) is 0 Å². The number of carboxylic acids is 1. The lowest BCUT2D eigenvalue weighted by Gasteiger charge is -2.07. The van der Waals surface area contributed by atoms with Crippen molar-refractivity contribution >= 4 is 28.5 Å². The molecule has 0 spiro atoms. The fraction of sp³-hybridized carbons (Fsp3) is 0. The van der Waals surface area contributed by atoms with E-state index in [0.717, 1.165) is 22.0 Å². The Morgan fingerprint density at radius 2 is 1.78 bits per heavy atom. The van der Waals surface area contributed by atoms with E-state index in [0.29, 0.717) is 5.69 Å². The summed E-state index contributed by atoms with van der Waals surface area (Å²) in [6, 6.07) is 14.4. The second-order valence-electron chi connectivity index (χ2n) is 5.97. The van der Waals surface area contributed by atoms with Gasteiger partial charge in [0, 0.05) is 11.5 Å². The molecule has 0 amide bonds. The normalized spacial score (nSPS) is 11.0. The molecule has 134 valence electrons. The van der Waals surface area contributed by atoms with Crippen LogP contribution in [0.3, 0.4) is 0 Å². The molecule has 1 aromatic heterocycles. The SMILES string of the molecule is O=C(O)c1ccc(-c2ccc3c(cnn3-c3ccc(F)c(O)c3)c2)cc1Cl. The third-order valence-corrected chi connectivity index (χ3v) is 4.59. The number of phenols is 1. The van der Waals surface area contributed by atoms with Crippen LogP contribution in [-0.4, -0.2) is 26.0 Å². The Hall–Kier alpha value is -3.38. The first-order valence-electron chi connectivity index (χ1n) is 7.94. The number of nitrogens with zero attached hydrogens (tertiary/aromatic N) is 2. The monoisotopic (exact) mass is 382 g/mol. The number of fused-ring (bicyclic) bond motifs is 1. The maximum atomic E-state index is 13.3. The van der Waals surface area contributed by atoms with E-state index < -0.39 is 17.5 Å². The predicted octanol–water partition coefficient (Wildman–Crippen LogP) is 4.89. The zero-order valence-corrected chi connectivity index (χ0v) is 14.5. The lowest BCUT2D eigenvalue weighted by atomic mass is 10.0. The number of hydrogen-bond donors (Lipinski definition) is 2. The number of aromatic nitrogens is 2. The van der Waals surface area contributed by atoms with Crippen LogP contribution < -0.4 is 0 Å². The van der Waals surface area contributed by atoms with Gasteiger partial charge in [-0.1, -0.05) is 23.7 Å². The molecule has 27 heavy (non-hydrogen) atoms. The number of rotatable bonds is 3. The number of carboxylic acid groups (broad SMARTS) is 1. The molecule has 0 aliphatic heterocycles. The van der Waals surface area contributed by atoms with Crippen molar-refractivity contribution in [2.75, 3.05) is 0 Å². The number of carbonyl (C=O) groups is 1. The number of aromatic carboxylic acids is 1. The highest BCUT2D eigenvalue weighted by Gasteiger charge is 2.12. The molecule has 1 heterocycles. The first-order valence-corrected chi connectivity index (χ1v) is 8.32. The van der Waals surface area contributed by atoms with Crippen molar-refractivity contribution in [2.24, 2.45) is 0 Å². The first-order chi connectivity index (χ1) is 12.9. The Morgan fingerprint density at radius 1 is 1.04 bits per heavy atom. The lowest BCUT2D eigenvalue weighted by molar-refractivity contribution is 0.0697. The highest BCUT2D eigenvalue weighted by molar-refractivity contribution is 6.33. The minimum Gasteiger partial charge on any atom is -0.505 e. The zero-order valence-electron chi connectivity index (χ0n) is 13.7. The van der Waals surface area contributed by atoms with Crippen LogP contribution in [0, 0.1) is 5.82 Å². The molecular weight excluding hydrogens is 371 g/mol. The van der Waals surface area contributed by atoms with E-state index in [9.17, 15) is 14.3 Å². The predicted molar refractivity (Wildman–Crippen MR) is 100 cm³/mol. The standard InChI is InChI=1S/C20H12ClFN2O3/c21-16-8-12(1-4-15(16)20(26)27)11-2-6-18-13(7-11)10-23-24(18)14-3-5-17(22)19(25)9-14/h1-10,25H,(H,26,27). The smallest absolute Gasteiger partial charge is 0.337 e. The average molecular weight is 383 g/mol. The van der Waals surface area contributed by atoms with Gasteiger partial charge in [0.25, 0.3) is 0 Å². The van der Waals surface area contributed by atoms with Crippen molar-refractivity contribution < 1.29 is 19.4 Å². The van der Waals surface area contributed by atoms with Crippen molar-refractivity contribution in [2.45, 2.75) is 0 Å². The molecule has 0 bridgehead atoms. The van der Waals surface area contributed by atoms with Crippen molar-refractivity contribution in [1.82, 2.24) is 9.78 Å². The van der Waals surface area contributed by atoms with Crippen LogP contribution >= 0.6 is 11.6 Å². The Morgan fingerprint density at radius 3 is 2.48 bits per heavy atom. The van der Waals surface area contributed by atoms with E-state index in [1.54, 1.807) is 23.0 Å². The molecule has 0 fully saturated rings. The van der Waals surface area contributed by atoms with Gasteiger partial charge in [-0.15, -0.1) is 0 Å². The molecule has 0 saturated carbocycles. The molecule has 0 saturated heterocycles. The molecular formula is C20H12ClFN2O3. The van der Waals surface area contributed by atoms with Gasteiger partial charge in [0.2, 0.25) is 0 Å². The van der Waals surface area contributed by atoms with Crippen molar-refractivity contribution in [3.05, 3.63) is 77.2 Å². The van der Waals surface area contributed by atoms with E-state index in [-0.39, 0.29) is 10.6 Å². The van der Waals surface area contributed by atoms with Gasteiger partial charge in [-0.3, -0.25) is 0 Å². The molecule has 2 N–H and O–H groups in total. The summed E-state index contributed by atoms with van der Waals surface area (Å²) in [5.74, 6) is -2.22. The molecule has 0 aliphatic rings. The highest BCUT2D eigenvalue weighted by Crippen LogP contribution is 2.30. The van der Waals surface area contributed by atoms with Crippen molar-refractivity contribution in [3.8, 4) is 22.6 Å². The molecule has 7 heteroatoms. The quantitative estimate of drug-likeness (QED) is 0.529. The zero-order chi connectivity index (χ0) is 19.1. The summed E-state index contributed by atoms with van der Waals surface area (Å²) in [4.78, 5) is 11.1. The van der Waals surface area contributed by atoms with Crippen molar-refractivity contribution in [1.29, 1.82) is 0 Å². The van der Waals surface area contributed by atoms with Crippen LogP contribution in [0.1, 0.15) is 10.4 Å². The first kappa shape index (κ1) is 17.1. The summed E-state index contributed by atoms with van der Waals surface area (Å²) < 4.78 is 14.9. The summed E-state index contributed by atoms with van der Waals surface area (Å²) >= 11 is 6.05. The van der Waals surface area contributed by atoms with Gasteiger partial charge in [0.15, 0.2) is 11.6 Å². The molecule has 0 aliphatic carbocycles. The maximum Gasteiger partial charge on any atom is 0.337 e. The van der Waals surface area contributed by atoms with Gasteiger partial charge >= 0.3 is 5.97 Å². The third kappa shape index (κ3) is 3.00. The number of phenolic OH excluding ortho intramolecular Hbond substituents is 1. The van der Waals surface area contributed by atoms with E-state index in [4.69, 9.17) is 16.7 Å². The average Bonchev–Trinajstić information content (AvgIpc) is 3.06. The fourth-order valence-electron chi connectivity index (χ4n) is 2.92. The van der Waals surface area contributed by atoms with Crippen LogP contribution in [0.25, 0.3) is 27.7 Å². The molecule has 0 radical (unpaired) electrons. The second kappa shape index (κ2) is 6.41. The van der Waals surface area contributed by atoms with E-state index in [2.05, 4.69) is 5.10 Å². The van der Waals surface area contributed by atoms with Crippen molar-refractivity contribution in [3.63, 3.8) is 0 Å². The molecule has 4 rings (SSSR count). The molecule has 4 aromatic rings. The number of aromatic hydroxyl groups is 1. The Balaban J connectivity index is 1.77.